The standard InChI is InChI=1S/C17H16O2/c1-14(16-10-6-3-7-11-16)19-17(18)13-12-15-8-4-2-5-9-15/h2-14H,1H3/b13-12+/t14-/m1/s1. The van der Waals surface area contributed by atoms with Gasteiger partial charge in [0.1, 0.15) is 6.10 Å². The second kappa shape index (κ2) is 6.55. The molecule has 2 aromatic carbocycles. The SMILES string of the molecule is C[C@@H](OC(=O)/C=C/c1ccccc1)c1ccccc1. The van der Waals surface area contributed by atoms with Gasteiger partial charge in [0.05, 0.1) is 0 Å². The van der Waals surface area contributed by atoms with E-state index in [4.69, 9.17) is 4.74 Å². The van der Waals surface area contributed by atoms with Crippen LogP contribution in [0.25, 0.3) is 6.08 Å². The Labute approximate surface area is 113 Å². The third-order valence-electron chi connectivity index (χ3n) is 2.77. The predicted octanol–water partition coefficient (Wildman–Crippen LogP) is 4.00. The van der Waals surface area contributed by atoms with Crippen LogP contribution in [-0.4, -0.2) is 5.97 Å². The highest BCUT2D eigenvalue weighted by Gasteiger charge is 2.08. The lowest BCUT2D eigenvalue weighted by Gasteiger charge is -2.11. The van der Waals surface area contributed by atoms with Crippen LogP contribution in [0.15, 0.2) is 66.7 Å². The van der Waals surface area contributed by atoms with Gasteiger partial charge in [-0.15, -0.1) is 0 Å². The first kappa shape index (κ1) is 13.1. The molecule has 0 N–H and O–H groups in total. The van der Waals surface area contributed by atoms with E-state index in [1.54, 1.807) is 6.08 Å². The average Bonchev–Trinajstić information content (AvgIpc) is 2.47. The summed E-state index contributed by atoms with van der Waals surface area (Å²) in [4.78, 5) is 11.7. The van der Waals surface area contributed by atoms with Gasteiger partial charge in [0.2, 0.25) is 0 Å². The molecule has 19 heavy (non-hydrogen) atoms. The van der Waals surface area contributed by atoms with Crippen LogP contribution in [-0.2, 0) is 9.53 Å². The number of carbonyl (C=O) groups excluding carboxylic acids is 1. The fourth-order valence-electron chi connectivity index (χ4n) is 1.73. The number of carbonyl (C=O) groups is 1. The van der Waals surface area contributed by atoms with E-state index in [1.807, 2.05) is 67.6 Å². The Bertz CT molecular complexity index is 544. The number of hydrogen-bond donors (Lipinski definition) is 0. The highest BCUT2D eigenvalue weighted by molar-refractivity contribution is 5.87. The molecule has 0 unspecified atom stereocenters. The van der Waals surface area contributed by atoms with Gasteiger partial charge in [-0.05, 0) is 24.1 Å². The molecule has 0 bridgehead atoms. The topological polar surface area (TPSA) is 26.3 Å². The van der Waals surface area contributed by atoms with Crippen LogP contribution < -0.4 is 0 Å². The Kier molecular flexibility index (Phi) is 4.51. The molecule has 2 rings (SSSR count). The Morgan fingerprint density at radius 1 is 1.00 bits per heavy atom. The van der Waals surface area contributed by atoms with Crippen molar-refractivity contribution < 1.29 is 9.53 Å². The van der Waals surface area contributed by atoms with Gasteiger partial charge in [-0.1, -0.05) is 60.7 Å². The van der Waals surface area contributed by atoms with E-state index >= 15 is 0 Å². The summed E-state index contributed by atoms with van der Waals surface area (Å²) < 4.78 is 5.33. The predicted molar refractivity (Wildman–Crippen MR) is 76.4 cm³/mol. The molecule has 0 aliphatic heterocycles. The van der Waals surface area contributed by atoms with Crippen LogP contribution in [0, 0.1) is 0 Å². The van der Waals surface area contributed by atoms with E-state index in [2.05, 4.69) is 0 Å². The Balaban J connectivity index is 1.93. The summed E-state index contributed by atoms with van der Waals surface area (Å²) in [5.41, 5.74) is 1.97. The molecule has 0 saturated carbocycles. The maximum absolute atomic E-state index is 11.7. The van der Waals surface area contributed by atoms with Crippen LogP contribution in [0.5, 0.6) is 0 Å². The van der Waals surface area contributed by atoms with Gasteiger partial charge in [0.25, 0.3) is 0 Å². The Hall–Kier alpha value is -2.35. The molecule has 0 radical (unpaired) electrons. The zero-order chi connectivity index (χ0) is 13.5. The van der Waals surface area contributed by atoms with Crippen molar-refractivity contribution in [3.63, 3.8) is 0 Å². The molecule has 0 aliphatic carbocycles. The van der Waals surface area contributed by atoms with Crippen molar-refractivity contribution in [1.82, 2.24) is 0 Å². The quantitative estimate of drug-likeness (QED) is 0.607. The maximum atomic E-state index is 11.7. The molecule has 0 heterocycles. The highest BCUT2D eigenvalue weighted by Crippen LogP contribution is 2.16. The van der Waals surface area contributed by atoms with Gasteiger partial charge in [-0.3, -0.25) is 0 Å². The molecule has 0 fully saturated rings. The summed E-state index contributed by atoms with van der Waals surface area (Å²) in [7, 11) is 0. The zero-order valence-corrected chi connectivity index (χ0v) is 10.8. The van der Waals surface area contributed by atoms with Crippen molar-refractivity contribution >= 4 is 12.0 Å². The number of rotatable bonds is 4. The second-order valence-electron chi connectivity index (χ2n) is 4.23. The molecule has 0 spiro atoms. The number of ether oxygens (including phenoxy) is 1. The molecule has 2 aromatic rings. The summed E-state index contributed by atoms with van der Waals surface area (Å²) in [6.07, 6.45) is 2.96. The lowest BCUT2D eigenvalue weighted by Crippen LogP contribution is -2.05. The smallest absolute Gasteiger partial charge is 0.331 e. The van der Waals surface area contributed by atoms with E-state index in [9.17, 15) is 4.79 Å². The van der Waals surface area contributed by atoms with E-state index in [-0.39, 0.29) is 12.1 Å². The van der Waals surface area contributed by atoms with Gasteiger partial charge in [-0.2, -0.15) is 0 Å². The summed E-state index contributed by atoms with van der Waals surface area (Å²) in [6.45, 7) is 1.86. The number of esters is 1. The van der Waals surface area contributed by atoms with Crippen molar-refractivity contribution in [3.8, 4) is 0 Å². The third-order valence-corrected chi connectivity index (χ3v) is 2.77. The number of hydrogen-bond acceptors (Lipinski definition) is 2. The van der Waals surface area contributed by atoms with Crippen LogP contribution in [0.4, 0.5) is 0 Å². The largest absolute Gasteiger partial charge is 0.455 e. The molecular formula is C17H16O2. The molecule has 2 nitrogen and oxygen atoms in total. The van der Waals surface area contributed by atoms with Gasteiger partial charge in [0.15, 0.2) is 0 Å². The van der Waals surface area contributed by atoms with Gasteiger partial charge >= 0.3 is 5.97 Å². The van der Waals surface area contributed by atoms with Gasteiger partial charge < -0.3 is 4.74 Å². The Morgan fingerprint density at radius 2 is 1.58 bits per heavy atom. The molecule has 0 saturated heterocycles. The first-order valence-electron chi connectivity index (χ1n) is 6.24. The number of benzene rings is 2. The molecule has 0 aromatic heterocycles. The lowest BCUT2D eigenvalue weighted by molar-refractivity contribution is -0.142. The van der Waals surface area contributed by atoms with Gasteiger partial charge in [0, 0.05) is 6.08 Å². The summed E-state index contributed by atoms with van der Waals surface area (Å²) in [5.74, 6) is -0.333. The minimum atomic E-state index is -0.333. The molecule has 1 atom stereocenters. The molecule has 96 valence electrons. The lowest BCUT2D eigenvalue weighted by atomic mass is 10.1. The third kappa shape index (κ3) is 4.11. The van der Waals surface area contributed by atoms with E-state index < -0.39 is 0 Å². The summed E-state index contributed by atoms with van der Waals surface area (Å²) in [6, 6.07) is 19.3. The van der Waals surface area contributed by atoms with Crippen LogP contribution >= 0.6 is 0 Å². The highest BCUT2D eigenvalue weighted by atomic mass is 16.5. The van der Waals surface area contributed by atoms with Crippen LogP contribution in [0.2, 0.25) is 0 Å². The van der Waals surface area contributed by atoms with E-state index in [0.717, 1.165) is 11.1 Å². The molecular weight excluding hydrogens is 236 g/mol. The van der Waals surface area contributed by atoms with Crippen molar-refractivity contribution in [2.75, 3.05) is 0 Å². The first-order valence-corrected chi connectivity index (χ1v) is 6.24. The van der Waals surface area contributed by atoms with Crippen molar-refractivity contribution in [3.05, 3.63) is 77.9 Å². The fraction of sp³-hybridized carbons (Fsp3) is 0.118. The minimum Gasteiger partial charge on any atom is -0.455 e. The summed E-state index contributed by atoms with van der Waals surface area (Å²) >= 11 is 0. The van der Waals surface area contributed by atoms with Gasteiger partial charge in [-0.25, -0.2) is 4.79 Å². The zero-order valence-electron chi connectivity index (χ0n) is 10.8. The normalized spacial score (nSPS) is 12.3. The molecule has 0 amide bonds. The van der Waals surface area contributed by atoms with Crippen LogP contribution in [0.3, 0.4) is 0 Å². The fourth-order valence-corrected chi connectivity index (χ4v) is 1.73. The first-order chi connectivity index (χ1) is 9.25. The average molecular weight is 252 g/mol. The second-order valence-corrected chi connectivity index (χ2v) is 4.23. The van der Waals surface area contributed by atoms with E-state index in [0.29, 0.717) is 0 Å². The van der Waals surface area contributed by atoms with E-state index in [1.165, 1.54) is 6.08 Å². The Morgan fingerprint density at radius 3 is 2.21 bits per heavy atom. The van der Waals surface area contributed by atoms with Crippen molar-refractivity contribution in [2.45, 2.75) is 13.0 Å². The maximum Gasteiger partial charge on any atom is 0.331 e. The van der Waals surface area contributed by atoms with Crippen molar-refractivity contribution in [1.29, 1.82) is 0 Å². The monoisotopic (exact) mass is 252 g/mol. The minimum absolute atomic E-state index is 0.242. The summed E-state index contributed by atoms with van der Waals surface area (Å²) in [5, 5.41) is 0. The molecule has 0 aliphatic rings. The van der Waals surface area contributed by atoms with Crippen LogP contribution in [0.1, 0.15) is 24.2 Å². The molecule has 2 heteroatoms. The van der Waals surface area contributed by atoms with Crippen molar-refractivity contribution in [2.24, 2.45) is 0 Å².